The lowest BCUT2D eigenvalue weighted by molar-refractivity contribution is 0.0730. The van der Waals surface area contributed by atoms with Crippen molar-refractivity contribution in [2.75, 3.05) is 31.6 Å². The summed E-state index contributed by atoms with van der Waals surface area (Å²) in [5.41, 5.74) is 0.556. The van der Waals surface area contributed by atoms with Crippen molar-refractivity contribution in [1.82, 2.24) is 4.31 Å². The number of carbonyl (C=O) groups is 1. The van der Waals surface area contributed by atoms with Crippen LogP contribution in [0.25, 0.3) is 0 Å². The van der Waals surface area contributed by atoms with Gasteiger partial charge in [-0.05, 0) is 36.4 Å². The van der Waals surface area contributed by atoms with Gasteiger partial charge >= 0.3 is 0 Å². The Balaban J connectivity index is 1.88. The van der Waals surface area contributed by atoms with Crippen molar-refractivity contribution in [3.63, 3.8) is 0 Å². The quantitative estimate of drug-likeness (QED) is 0.832. The van der Waals surface area contributed by atoms with Gasteiger partial charge in [-0.2, -0.15) is 4.31 Å². The van der Waals surface area contributed by atoms with Crippen LogP contribution in [-0.4, -0.2) is 44.9 Å². The molecule has 3 rings (SSSR count). The molecule has 9 heteroatoms. The third-order valence-corrected chi connectivity index (χ3v) is 6.33. The van der Waals surface area contributed by atoms with E-state index in [1.165, 1.54) is 22.5 Å². The zero-order valence-electron chi connectivity index (χ0n) is 13.6. The van der Waals surface area contributed by atoms with Gasteiger partial charge in [-0.15, -0.1) is 0 Å². The fourth-order valence-corrected chi connectivity index (χ4v) is 4.37. The molecule has 1 amide bonds. The van der Waals surface area contributed by atoms with E-state index in [2.05, 4.69) is 5.32 Å². The molecule has 1 heterocycles. The summed E-state index contributed by atoms with van der Waals surface area (Å²) in [7, 11) is -3.72. The van der Waals surface area contributed by atoms with Gasteiger partial charge in [-0.1, -0.05) is 29.3 Å². The highest BCUT2D eigenvalue weighted by Crippen LogP contribution is 2.25. The summed E-state index contributed by atoms with van der Waals surface area (Å²) in [6.07, 6.45) is 0. The first-order valence-electron chi connectivity index (χ1n) is 7.82. The first kappa shape index (κ1) is 19.1. The number of hydrogen-bond acceptors (Lipinski definition) is 4. The van der Waals surface area contributed by atoms with Crippen molar-refractivity contribution in [1.29, 1.82) is 0 Å². The van der Waals surface area contributed by atoms with Crippen LogP contribution in [-0.2, 0) is 14.8 Å². The SMILES string of the molecule is O=C(Nc1cccc(Cl)c1)c1cc(S(=O)(=O)N2CCOCC2)ccc1Cl. The fourth-order valence-electron chi connectivity index (χ4n) is 2.54. The van der Waals surface area contributed by atoms with E-state index in [-0.39, 0.29) is 28.6 Å². The highest BCUT2D eigenvalue weighted by Gasteiger charge is 2.27. The van der Waals surface area contributed by atoms with Gasteiger partial charge in [0.1, 0.15) is 0 Å². The smallest absolute Gasteiger partial charge is 0.257 e. The molecule has 0 spiro atoms. The number of ether oxygens (including phenoxy) is 1. The van der Waals surface area contributed by atoms with Crippen molar-refractivity contribution in [2.24, 2.45) is 0 Å². The maximum atomic E-state index is 12.8. The summed E-state index contributed by atoms with van der Waals surface area (Å²) in [5.74, 6) is -0.517. The van der Waals surface area contributed by atoms with E-state index in [1.807, 2.05) is 0 Å². The van der Waals surface area contributed by atoms with Crippen molar-refractivity contribution >= 4 is 44.8 Å². The summed E-state index contributed by atoms with van der Waals surface area (Å²) in [4.78, 5) is 12.5. The van der Waals surface area contributed by atoms with Crippen LogP contribution in [0.3, 0.4) is 0 Å². The minimum absolute atomic E-state index is 0.0139. The standard InChI is InChI=1S/C17H16Cl2N2O4S/c18-12-2-1-3-13(10-12)20-17(22)15-11-14(4-5-16(15)19)26(23,24)21-6-8-25-9-7-21/h1-5,10-11H,6-9H2,(H,20,22). The molecule has 1 saturated heterocycles. The molecule has 0 aromatic heterocycles. The van der Waals surface area contributed by atoms with E-state index in [1.54, 1.807) is 24.3 Å². The van der Waals surface area contributed by atoms with Crippen LogP contribution in [0.2, 0.25) is 10.0 Å². The highest BCUT2D eigenvalue weighted by atomic mass is 35.5. The Hall–Kier alpha value is -1.64. The maximum absolute atomic E-state index is 12.8. The molecular formula is C17H16Cl2N2O4S. The summed E-state index contributed by atoms with van der Waals surface area (Å²) >= 11 is 12.0. The van der Waals surface area contributed by atoms with Crippen LogP contribution < -0.4 is 5.32 Å². The predicted octanol–water partition coefficient (Wildman–Crippen LogP) is 3.27. The largest absolute Gasteiger partial charge is 0.379 e. The third kappa shape index (κ3) is 4.19. The van der Waals surface area contributed by atoms with Crippen LogP contribution in [0.1, 0.15) is 10.4 Å². The van der Waals surface area contributed by atoms with Crippen molar-refractivity contribution in [2.45, 2.75) is 4.90 Å². The number of nitrogens with zero attached hydrogens (tertiary/aromatic N) is 1. The van der Waals surface area contributed by atoms with E-state index >= 15 is 0 Å². The Morgan fingerprint density at radius 3 is 2.50 bits per heavy atom. The molecule has 0 aliphatic carbocycles. The molecule has 2 aromatic carbocycles. The first-order valence-corrected chi connectivity index (χ1v) is 10.0. The lowest BCUT2D eigenvalue weighted by Gasteiger charge is -2.26. The number of carbonyl (C=O) groups excluding carboxylic acids is 1. The summed E-state index contributed by atoms with van der Waals surface area (Å²) < 4.78 is 32.0. The van der Waals surface area contributed by atoms with Crippen LogP contribution in [0.5, 0.6) is 0 Å². The minimum Gasteiger partial charge on any atom is -0.379 e. The number of halogens is 2. The average molecular weight is 415 g/mol. The molecule has 1 N–H and O–H groups in total. The van der Waals surface area contributed by atoms with E-state index in [4.69, 9.17) is 27.9 Å². The van der Waals surface area contributed by atoms with E-state index in [0.29, 0.717) is 23.9 Å². The molecule has 2 aromatic rings. The topological polar surface area (TPSA) is 75.7 Å². The van der Waals surface area contributed by atoms with Gasteiger partial charge in [-0.3, -0.25) is 4.79 Å². The molecule has 26 heavy (non-hydrogen) atoms. The molecule has 0 saturated carbocycles. The zero-order valence-corrected chi connectivity index (χ0v) is 15.9. The number of benzene rings is 2. The Bertz CT molecular complexity index is 928. The second-order valence-corrected chi connectivity index (χ2v) is 8.40. The molecule has 6 nitrogen and oxygen atoms in total. The van der Waals surface area contributed by atoms with Gasteiger partial charge in [0.25, 0.3) is 5.91 Å². The maximum Gasteiger partial charge on any atom is 0.257 e. The number of nitrogens with one attached hydrogen (secondary N) is 1. The van der Waals surface area contributed by atoms with E-state index < -0.39 is 15.9 Å². The molecule has 1 aliphatic rings. The molecule has 1 aliphatic heterocycles. The summed E-state index contributed by atoms with van der Waals surface area (Å²) in [5, 5.41) is 3.29. The van der Waals surface area contributed by atoms with Crippen molar-refractivity contribution < 1.29 is 17.9 Å². The number of morpholine rings is 1. The van der Waals surface area contributed by atoms with Gasteiger partial charge < -0.3 is 10.1 Å². The Morgan fingerprint density at radius 2 is 1.81 bits per heavy atom. The Labute approximate surface area is 161 Å². The Kier molecular flexibility index (Phi) is 5.84. The fraction of sp³-hybridized carbons (Fsp3) is 0.235. The normalized spacial score (nSPS) is 15.6. The van der Waals surface area contributed by atoms with Gasteiger partial charge in [0.05, 0.1) is 28.7 Å². The van der Waals surface area contributed by atoms with E-state index in [0.717, 1.165) is 0 Å². The molecule has 0 unspecified atom stereocenters. The Morgan fingerprint density at radius 1 is 1.08 bits per heavy atom. The van der Waals surface area contributed by atoms with Gasteiger partial charge in [0, 0.05) is 23.8 Å². The van der Waals surface area contributed by atoms with Crippen LogP contribution in [0, 0.1) is 0 Å². The molecule has 0 radical (unpaired) electrons. The molecule has 138 valence electrons. The van der Waals surface area contributed by atoms with Crippen molar-refractivity contribution in [3.05, 3.63) is 58.1 Å². The molecule has 1 fully saturated rings. The van der Waals surface area contributed by atoms with Crippen molar-refractivity contribution in [3.8, 4) is 0 Å². The van der Waals surface area contributed by atoms with Crippen LogP contribution >= 0.6 is 23.2 Å². The minimum atomic E-state index is -3.72. The molecule has 0 atom stereocenters. The van der Waals surface area contributed by atoms with Crippen LogP contribution in [0.4, 0.5) is 5.69 Å². The average Bonchev–Trinajstić information content (AvgIpc) is 2.62. The van der Waals surface area contributed by atoms with Crippen LogP contribution in [0.15, 0.2) is 47.4 Å². The highest BCUT2D eigenvalue weighted by molar-refractivity contribution is 7.89. The number of hydrogen-bond donors (Lipinski definition) is 1. The third-order valence-electron chi connectivity index (χ3n) is 3.87. The summed E-state index contributed by atoms with van der Waals surface area (Å²) in [6, 6.07) is 10.7. The second kappa shape index (κ2) is 7.94. The number of anilines is 1. The van der Waals surface area contributed by atoms with Gasteiger partial charge in [-0.25, -0.2) is 8.42 Å². The number of rotatable bonds is 4. The molecular weight excluding hydrogens is 399 g/mol. The van der Waals surface area contributed by atoms with E-state index in [9.17, 15) is 13.2 Å². The first-order chi connectivity index (χ1) is 12.4. The molecule has 0 bridgehead atoms. The lowest BCUT2D eigenvalue weighted by Crippen LogP contribution is -2.40. The number of sulfonamides is 1. The van der Waals surface area contributed by atoms with Gasteiger partial charge in [0.2, 0.25) is 10.0 Å². The van der Waals surface area contributed by atoms with Gasteiger partial charge in [0.15, 0.2) is 0 Å². The second-order valence-electron chi connectivity index (χ2n) is 5.62. The lowest BCUT2D eigenvalue weighted by atomic mass is 10.2. The predicted molar refractivity (Wildman–Crippen MR) is 100 cm³/mol. The summed E-state index contributed by atoms with van der Waals surface area (Å²) in [6.45, 7) is 1.23. The zero-order chi connectivity index (χ0) is 18.7. The monoisotopic (exact) mass is 414 g/mol. The number of amides is 1.